The summed E-state index contributed by atoms with van der Waals surface area (Å²) in [6.45, 7) is 0. The molecule has 3 N–H and O–H groups in total. The molecular weight excluding hydrogens is 330 g/mol. The number of aromatic hydroxyl groups is 1. The van der Waals surface area contributed by atoms with Gasteiger partial charge in [-0.2, -0.15) is 0 Å². The van der Waals surface area contributed by atoms with Gasteiger partial charge in [-0.25, -0.2) is 4.98 Å². The predicted octanol–water partition coefficient (Wildman–Crippen LogP) is 3.19. The highest BCUT2D eigenvalue weighted by Crippen LogP contribution is 2.31. The van der Waals surface area contributed by atoms with Gasteiger partial charge in [0.25, 0.3) is 11.6 Å². The fraction of sp³-hybridized carbons (Fsp3) is 0. The Kier molecular flexibility index (Phi) is 3.97. The van der Waals surface area contributed by atoms with Gasteiger partial charge in [0.15, 0.2) is 0 Å². The van der Waals surface area contributed by atoms with Crippen LogP contribution in [0.25, 0.3) is 21.8 Å². The van der Waals surface area contributed by atoms with Crippen molar-refractivity contribution in [1.82, 2.24) is 4.98 Å². The fourth-order valence-electron chi connectivity index (χ4n) is 2.16. The van der Waals surface area contributed by atoms with E-state index in [0.29, 0.717) is 16.3 Å². The summed E-state index contributed by atoms with van der Waals surface area (Å²) in [5.74, 6) is -0.905. The number of phenols is 1. The topological polar surface area (TPSA) is 119 Å². The standard InChI is InChI=1S/C16H11N3O4S/c17-15(21)12-7-10(3-6-14(12)20)13-8-24-16(18-13)9-1-4-11(5-2-9)19(22)23/h1-8,20H,(H2,17,21). The Hall–Kier alpha value is -3.26. The first-order chi connectivity index (χ1) is 11.5. The summed E-state index contributed by atoms with van der Waals surface area (Å²) in [6.07, 6.45) is 0. The van der Waals surface area contributed by atoms with Crippen LogP contribution < -0.4 is 5.73 Å². The number of benzene rings is 2. The monoisotopic (exact) mass is 341 g/mol. The number of carbonyl (C=O) groups is 1. The lowest BCUT2D eigenvalue weighted by Gasteiger charge is -2.03. The molecule has 1 aromatic heterocycles. The lowest BCUT2D eigenvalue weighted by molar-refractivity contribution is -0.384. The summed E-state index contributed by atoms with van der Waals surface area (Å²) in [7, 11) is 0. The minimum Gasteiger partial charge on any atom is -0.507 e. The maximum atomic E-state index is 11.3. The molecule has 0 radical (unpaired) electrons. The van der Waals surface area contributed by atoms with E-state index in [-0.39, 0.29) is 17.0 Å². The highest BCUT2D eigenvalue weighted by atomic mass is 32.1. The number of primary amides is 1. The van der Waals surface area contributed by atoms with Crippen LogP contribution in [0.4, 0.5) is 5.69 Å². The first-order valence-electron chi connectivity index (χ1n) is 6.79. The van der Waals surface area contributed by atoms with Crippen molar-refractivity contribution in [2.75, 3.05) is 0 Å². The van der Waals surface area contributed by atoms with Gasteiger partial charge in [-0.05, 0) is 30.3 Å². The van der Waals surface area contributed by atoms with Gasteiger partial charge >= 0.3 is 0 Å². The first kappa shape index (κ1) is 15.6. The fourth-order valence-corrected chi connectivity index (χ4v) is 2.99. The Morgan fingerprint density at radius 1 is 1.17 bits per heavy atom. The third kappa shape index (κ3) is 2.95. The number of hydrogen-bond acceptors (Lipinski definition) is 6. The Balaban J connectivity index is 1.95. The molecule has 120 valence electrons. The third-order valence-corrected chi connectivity index (χ3v) is 4.28. The number of aromatic nitrogens is 1. The van der Waals surface area contributed by atoms with E-state index < -0.39 is 10.8 Å². The smallest absolute Gasteiger partial charge is 0.269 e. The molecule has 0 bridgehead atoms. The number of amides is 1. The predicted molar refractivity (Wildman–Crippen MR) is 89.8 cm³/mol. The summed E-state index contributed by atoms with van der Waals surface area (Å²) in [4.78, 5) is 26.0. The Labute approximate surface area is 140 Å². The van der Waals surface area contributed by atoms with E-state index >= 15 is 0 Å². The molecule has 7 nitrogen and oxygen atoms in total. The number of hydrogen-bond donors (Lipinski definition) is 2. The van der Waals surface area contributed by atoms with Crippen LogP contribution >= 0.6 is 11.3 Å². The molecule has 1 heterocycles. The van der Waals surface area contributed by atoms with E-state index in [1.165, 1.54) is 35.6 Å². The summed E-state index contributed by atoms with van der Waals surface area (Å²) in [6, 6.07) is 10.6. The zero-order chi connectivity index (χ0) is 17.3. The molecule has 0 fully saturated rings. The van der Waals surface area contributed by atoms with Crippen LogP contribution in [0.1, 0.15) is 10.4 Å². The minimum atomic E-state index is -0.722. The largest absolute Gasteiger partial charge is 0.507 e. The van der Waals surface area contributed by atoms with Gasteiger partial charge in [0.1, 0.15) is 10.8 Å². The second-order valence-corrected chi connectivity index (χ2v) is 5.80. The Bertz CT molecular complexity index is 935. The van der Waals surface area contributed by atoms with E-state index in [1.807, 2.05) is 0 Å². The van der Waals surface area contributed by atoms with Gasteiger partial charge in [0, 0.05) is 28.6 Å². The van der Waals surface area contributed by atoms with Crippen molar-refractivity contribution in [3.63, 3.8) is 0 Å². The molecule has 0 atom stereocenters. The molecule has 0 saturated heterocycles. The van der Waals surface area contributed by atoms with E-state index in [9.17, 15) is 20.0 Å². The van der Waals surface area contributed by atoms with Crippen molar-refractivity contribution in [2.24, 2.45) is 5.73 Å². The molecule has 3 aromatic rings. The molecular formula is C16H11N3O4S. The van der Waals surface area contributed by atoms with Gasteiger partial charge in [-0.1, -0.05) is 0 Å². The van der Waals surface area contributed by atoms with E-state index in [2.05, 4.69) is 4.98 Å². The minimum absolute atomic E-state index is 0.0140. The van der Waals surface area contributed by atoms with E-state index in [1.54, 1.807) is 23.6 Å². The van der Waals surface area contributed by atoms with Crippen LogP contribution in [0.2, 0.25) is 0 Å². The van der Waals surface area contributed by atoms with Crippen molar-refractivity contribution in [3.8, 4) is 27.6 Å². The molecule has 2 aromatic carbocycles. The number of rotatable bonds is 4. The third-order valence-electron chi connectivity index (χ3n) is 3.39. The normalized spacial score (nSPS) is 10.5. The number of non-ortho nitro benzene ring substituents is 1. The Morgan fingerprint density at radius 2 is 1.83 bits per heavy atom. The Morgan fingerprint density at radius 3 is 2.46 bits per heavy atom. The van der Waals surface area contributed by atoms with Crippen LogP contribution in [0.5, 0.6) is 5.75 Å². The molecule has 0 saturated carbocycles. The maximum absolute atomic E-state index is 11.3. The zero-order valence-electron chi connectivity index (χ0n) is 12.2. The number of nitro groups is 1. The summed E-state index contributed by atoms with van der Waals surface area (Å²) < 4.78 is 0. The van der Waals surface area contributed by atoms with Crippen LogP contribution in [0, 0.1) is 10.1 Å². The number of carbonyl (C=O) groups excluding carboxylic acids is 1. The van der Waals surface area contributed by atoms with Gasteiger partial charge < -0.3 is 10.8 Å². The van der Waals surface area contributed by atoms with Gasteiger partial charge in [0.05, 0.1) is 16.2 Å². The molecule has 24 heavy (non-hydrogen) atoms. The van der Waals surface area contributed by atoms with Crippen LogP contribution in [-0.2, 0) is 0 Å². The molecule has 1 amide bonds. The highest BCUT2D eigenvalue weighted by Gasteiger charge is 2.13. The number of nitro benzene ring substituents is 1. The second-order valence-electron chi connectivity index (χ2n) is 4.94. The molecule has 0 spiro atoms. The van der Waals surface area contributed by atoms with Crippen molar-refractivity contribution >= 4 is 22.9 Å². The highest BCUT2D eigenvalue weighted by molar-refractivity contribution is 7.13. The second kappa shape index (κ2) is 6.09. The van der Waals surface area contributed by atoms with Gasteiger partial charge in [-0.3, -0.25) is 14.9 Å². The van der Waals surface area contributed by atoms with Crippen LogP contribution in [0.15, 0.2) is 47.8 Å². The van der Waals surface area contributed by atoms with Gasteiger partial charge in [0.2, 0.25) is 0 Å². The zero-order valence-corrected chi connectivity index (χ0v) is 13.0. The van der Waals surface area contributed by atoms with Crippen molar-refractivity contribution in [2.45, 2.75) is 0 Å². The summed E-state index contributed by atoms with van der Waals surface area (Å²) in [5, 5.41) is 22.8. The lowest BCUT2D eigenvalue weighted by Crippen LogP contribution is -2.11. The molecule has 0 aliphatic rings. The molecule has 8 heteroatoms. The molecule has 3 rings (SSSR count). The van der Waals surface area contributed by atoms with Crippen LogP contribution in [0.3, 0.4) is 0 Å². The van der Waals surface area contributed by atoms with Crippen molar-refractivity contribution < 1.29 is 14.8 Å². The van der Waals surface area contributed by atoms with E-state index in [4.69, 9.17) is 5.73 Å². The number of nitrogens with two attached hydrogens (primary N) is 1. The summed E-state index contributed by atoms with van der Waals surface area (Å²) in [5.41, 5.74) is 7.28. The SMILES string of the molecule is NC(=O)c1cc(-c2csc(-c3ccc([N+](=O)[O-])cc3)n2)ccc1O. The van der Waals surface area contributed by atoms with Crippen molar-refractivity contribution in [3.05, 3.63) is 63.5 Å². The van der Waals surface area contributed by atoms with E-state index in [0.717, 1.165) is 5.56 Å². The molecule has 0 aliphatic carbocycles. The molecule has 0 unspecified atom stereocenters. The average molecular weight is 341 g/mol. The first-order valence-corrected chi connectivity index (χ1v) is 7.67. The summed E-state index contributed by atoms with van der Waals surface area (Å²) >= 11 is 1.37. The van der Waals surface area contributed by atoms with Crippen LogP contribution in [-0.4, -0.2) is 20.9 Å². The number of thiazole rings is 1. The average Bonchev–Trinajstić information content (AvgIpc) is 3.05. The molecule has 0 aliphatic heterocycles. The maximum Gasteiger partial charge on any atom is 0.269 e. The van der Waals surface area contributed by atoms with Gasteiger partial charge in [-0.15, -0.1) is 11.3 Å². The lowest BCUT2D eigenvalue weighted by atomic mass is 10.1. The van der Waals surface area contributed by atoms with Crippen molar-refractivity contribution in [1.29, 1.82) is 0 Å². The quantitative estimate of drug-likeness (QED) is 0.558. The number of nitrogens with zero attached hydrogens (tertiary/aromatic N) is 2.